The highest BCUT2D eigenvalue weighted by molar-refractivity contribution is 6.06. The molecule has 2 rings (SSSR count). The smallest absolute Gasteiger partial charge is 0.274 e. The molecule has 0 aliphatic heterocycles. The molecule has 0 unspecified atom stereocenters. The number of benzene rings is 1. The first kappa shape index (κ1) is 12.0. The fourth-order valence-corrected chi connectivity index (χ4v) is 1.66. The number of para-hydroxylation sites is 1. The number of methoxy groups -OCH3 is 1. The minimum absolute atomic E-state index is 0.0746. The average Bonchev–Trinajstić information content (AvgIpc) is 2.82. The van der Waals surface area contributed by atoms with Gasteiger partial charge < -0.3 is 15.5 Å². The topological polar surface area (TPSA) is 92.5 Å². The van der Waals surface area contributed by atoms with Gasteiger partial charge in [-0.25, -0.2) is 0 Å². The normalized spacial score (nSPS) is 11.6. The molecule has 94 valence electrons. The van der Waals surface area contributed by atoms with Gasteiger partial charge in [0.05, 0.1) is 12.6 Å². The van der Waals surface area contributed by atoms with Crippen LogP contribution in [0.25, 0.3) is 10.9 Å². The van der Waals surface area contributed by atoms with Gasteiger partial charge in [-0.1, -0.05) is 12.1 Å². The number of nitrogens with one attached hydrogen (secondary N) is 2. The highest BCUT2D eigenvalue weighted by Gasteiger charge is 2.12. The second-order valence-electron chi connectivity index (χ2n) is 3.67. The summed E-state index contributed by atoms with van der Waals surface area (Å²) in [6, 6.07) is 7.31. The Labute approximate surface area is 104 Å². The number of H-pyrrole nitrogens is 1. The van der Waals surface area contributed by atoms with Crippen LogP contribution >= 0.6 is 0 Å². The third-order valence-electron chi connectivity index (χ3n) is 2.57. The van der Waals surface area contributed by atoms with Crippen molar-refractivity contribution in [3.05, 3.63) is 30.0 Å². The van der Waals surface area contributed by atoms with E-state index >= 15 is 0 Å². The molecule has 1 aromatic carbocycles. The van der Waals surface area contributed by atoms with Gasteiger partial charge in [-0.2, -0.15) is 0 Å². The summed E-state index contributed by atoms with van der Waals surface area (Å²) in [5, 5.41) is 3.36. The number of aromatic amines is 1. The van der Waals surface area contributed by atoms with E-state index in [9.17, 15) is 4.79 Å². The summed E-state index contributed by atoms with van der Waals surface area (Å²) in [7, 11) is 3.08. The monoisotopic (exact) mass is 246 g/mol. The van der Waals surface area contributed by atoms with Crippen LogP contribution in [0, 0.1) is 0 Å². The van der Waals surface area contributed by atoms with Gasteiger partial charge in [0.15, 0.2) is 5.96 Å². The Morgan fingerprint density at radius 2 is 2.28 bits per heavy atom. The number of ether oxygens (including phenoxy) is 1. The molecule has 1 amide bonds. The predicted octanol–water partition coefficient (Wildman–Crippen LogP) is 0.851. The molecule has 0 radical (unpaired) electrons. The van der Waals surface area contributed by atoms with Crippen LogP contribution < -0.4 is 15.8 Å². The molecule has 0 aliphatic rings. The van der Waals surface area contributed by atoms with Crippen molar-refractivity contribution in [1.82, 2.24) is 10.3 Å². The third kappa shape index (κ3) is 2.13. The summed E-state index contributed by atoms with van der Waals surface area (Å²) in [5.41, 5.74) is 6.62. The lowest BCUT2D eigenvalue weighted by atomic mass is 10.2. The van der Waals surface area contributed by atoms with Gasteiger partial charge in [0.25, 0.3) is 5.91 Å². The molecule has 4 N–H and O–H groups in total. The number of hydrogen-bond donors (Lipinski definition) is 3. The maximum Gasteiger partial charge on any atom is 0.274 e. The van der Waals surface area contributed by atoms with E-state index in [0.29, 0.717) is 11.4 Å². The van der Waals surface area contributed by atoms with Gasteiger partial charge in [-0.15, -0.1) is 0 Å². The number of fused-ring (bicyclic) bond motifs is 1. The Kier molecular flexibility index (Phi) is 3.18. The zero-order valence-electron chi connectivity index (χ0n) is 10.2. The Morgan fingerprint density at radius 1 is 1.50 bits per heavy atom. The van der Waals surface area contributed by atoms with E-state index < -0.39 is 0 Å². The van der Waals surface area contributed by atoms with Crippen molar-refractivity contribution < 1.29 is 9.53 Å². The van der Waals surface area contributed by atoms with E-state index in [2.05, 4.69) is 15.3 Å². The molecule has 6 heteroatoms. The first-order chi connectivity index (χ1) is 8.65. The number of nitrogens with zero attached hydrogens (tertiary/aromatic N) is 1. The standard InChI is InChI=1S/C12H14N4O2/c1-14-12(13)16-11(17)8-6-7-4-3-5-9(18-2)10(7)15-8/h3-6,15H,1-2H3,(H3,13,14,16,17). The molecule has 0 spiro atoms. The van der Waals surface area contributed by atoms with E-state index in [-0.39, 0.29) is 11.9 Å². The molecule has 6 nitrogen and oxygen atoms in total. The number of aromatic nitrogens is 1. The second kappa shape index (κ2) is 4.79. The van der Waals surface area contributed by atoms with Gasteiger partial charge in [0.2, 0.25) is 0 Å². The van der Waals surface area contributed by atoms with Gasteiger partial charge in [-0.05, 0) is 12.1 Å². The van der Waals surface area contributed by atoms with Crippen LogP contribution in [-0.4, -0.2) is 31.0 Å². The van der Waals surface area contributed by atoms with Gasteiger partial charge in [0.1, 0.15) is 11.4 Å². The minimum Gasteiger partial charge on any atom is -0.495 e. The molecule has 0 bridgehead atoms. The number of aliphatic imine (C=N–C) groups is 1. The van der Waals surface area contributed by atoms with Crippen LogP contribution in [0.15, 0.2) is 29.3 Å². The van der Waals surface area contributed by atoms with Crippen molar-refractivity contribution in [3.63, 3.8) is 0 Å². The fraction of sp³-hybridized carbons (Fsp3) is 0.167. The van der Waals surface area contributed by atoms with Crippen molar-refractivity contribution in [2.45, 2.75) is 0 Å². The highest BCUT2D eigenvalue weighted by Crippen LogP contribution is 2.25. The zero-order valence-corrected chi connectivity index (χ0v) is 10.2. The van der Waals surface area contributed by atoms with Crippen LogP contribution in [0.1, 0.15) is 10.5 Å². The number of nitrogens with two attached hydrogens (primary N) is 1. The lowest BCUT2D eigenvalue weighted by molar-refractivity contribution is 0.0972. The van der Waals surface area contributed by atoms with Crippen molar-refractivity contribution in [2.24, 2.45) is 10.7 Å². The summed E-state index contributed by atoms with van der Waals surface area (Å²) in [5.74, 6) is 0.422. The zero-order chi connectivity index (χ0) is 13.1. The summed E-state index contributed by atoms with van der Waals surface area (Å²) in [6.07, 6.45) is 0. The average molecular weight is 246 g/mol. The number of hydrogen-bond acceptors (Lipinski definition) is 3. The van der Waals surface area contributed by atoms with Crippen molar-refractivity contribution in [2.75, 3.05) is 14.2 Å². The Bertz CT molecular complexity index is 616. The maximum absolute atomic E-state index is 11.8. The molecule has 1 aromatic heterocycles. The van der Waals surface area contributed by atoms with Crippen LogP contribution in [0.2, 0.25) is 0 Å². The maximum atomic E-state index is 11.8. The number of amides is 1. The van der Waals surface area contributed by atoms with E-state index in [0.717, 1.165) is 10.9 Å². The number of rotatable bonds is 2. The Morgan fingerprint density at radius 3 is 2.94 bits per heavy atom. The quantitative estimate of drug-likeness (QED) is 0.541. The predicted molar refractivity (Wildman–Crippen MR) is 69.9 cm³/mol. The Balaban J connectivity index is 2.38. The van der Waals surface area contributed by atoms with Gasteiger partial charge in [0, 0.05) is 12.4 Å². The van der Waals surface area contributed by atoms with Crippen molar-refractivity contribution in [3.8, 4) is 5.75 Å². The van der Waals surface area contributed by atoms with Crippen molar-refractivity contribution in [1.29, 1.82) is 0 Å². The van der Waals surface area contributed by atoms with Crippen LogP contribution in [0.4, 0.5) is 0 Å². The summed E-state index contributed by atoms with van der Waals surface area (Å²) < 4.78 is 5.21. The Hall–Kier alpha value is -2.50. The molecule has 0 aliphatic carbocycles. The molecule has 0 saturated carbocycles. The summed E-state index contributed by atoms with van der Waals surface area (Å²) in [6.45, 7) is 0. The number of guanidine groups is 1. The molecule has 1 heterocycles. The van der Waals surface area contributed by atoms with E-state index in [1.54, 1.807) is 13.2 Å². The molecular weight excluding hydrogens is 232 g/mol. The largest absolute Gasteiger partial charge is 0.495 e. The minimum atomic E-state index is -0.337. The first-order valence-corrected chi connectivity index (χ1v) is 5.35. The van der Waals surface area contributed by atoms with E-state index in [1.807, 2.05) is 18.2 Å². The third-order valence-corrected chi connectivity index (χ3v) is 2.57. The molecule has 2 aromatic rings. The molecule has 18 heavy (non-hydrogen) atoms. The molecular formula is C12H14N4O2. The van der Waals surface area contributed by atoms with Gasteiger partial charge in [-0.3, -0.25) is 15.1 Å². The van der Waals surface area contributed by atoms with Crippen LogP contribution in [0.5, 0.6) is 5.75 Å². The van der Waals surface area contributed by atoms with Crippen LogP contribution in [-0.2, 0) is 0 Å². The lowest BCUT2D eigenvalue weighted by Crippen LogP contribution is -2.36. The second-order valence-corrected chi connectivity index (χ2v) is 3.67. The van der Waals surface area contributed by atoms with E-state index in [1.165, 1.54) is 7.05 Å². The van der Waals surface area contributed by atoms with Crippen LogP contribution in [0.3, 0.4) is 0 Å². The summed E-state index contributed by atoms with van der Waals surface area (Å²) >= 11 is 0. The molecule has 0 atom stereocenters. The van der Waals surface area contributed by atoms with E-state index in [4.69, 9.17) is 10.5 Å². The number of carbonyl (C=O) groups is 1. The summed E-state index contributed by atoms with van der Waals surface area (Å²) in [4.78, 5) is 18.5. The lowest BCUT2D eigenvalue weighted by Gasteiger charge is -2.01. The fourth-order valence-electron chi connectivity index (χ4n) is 1.66. The van der Waals surface area contributed by atoms with Crippen molar-refractivity contribution >= 4 is 22.8 Å². The first-order valence-electron chi connectivity index (χ1n) is 5.35. The highest BCUT2D eigenvalue weighted by atomic mass is 16.5. The molecule has 0 fully saturated rings. The number of carbonyl (C=O) groups excluding carboxylic acids is 1. The molecule has 0 saturated heterocycles. The SMILES string of the molecule is CN=C(N)NC(=O)c1cc2cccc(OC)c2[nH]1. The van der Waals surface area contributed by atoms with Gasteiger partial charge >= 0.3 is 0 Å².